The number of hydrogen-bond donors (Lipinski definition) is 7. The van der Waals surface area contributed by atoms with Gasteiger partial charge in [0, 0.05) is 0 Å². The molecule has 8 atom stereocenters. The van der Waals surface area contributed by atoms with Crippen LogP contribution in [0.4, 0.5) is 0 Å². The van der Waals surface area contributed by atoms with Crippen molar-refractivity contribution in [1.82, 2.24) is 5.32 Å². The molecule has 0 aromatic carbocycles. The third kappa shape index (κ3) is 25.5. The average molecular weight is 808 g/mol. The topological polar surface area (TPSA) is 212 Å². The largest absolute Gasteiger partial charge is 0.397 e. The summed E-state index contributed by atoms with van der Waals surface area (Å²) in [5.41, 5.74) is 0. The highest BCUT2D eigenvalue weighted by molar-refractivity contribution is 7.80. The number of aliphatic hydroxyl groups is 5. The summed E-state index contributed by atoms with van der Waals surface area (Å²) in [6.45, 7) is 3.16. The Morgan fingerprint density at radius 1 is 0.727 bits per heavy atom. The van der Waals surface area contributed by atoms with E-state index in [2.05, 4.69) is 35.5 Å². The maximum atomic E-state index is 13.0. The molecular formula is C41H77NO12S. The predicted octanol–water partition coefficient (Wildman–Crippen LogP) is 6.35. The molecule has 55 heavy (non-hydrogen) atoms. The van der Waals surface area contributed by atoms with E-state index in [9.17, 15) is 38.7 Å². The fourth-order valence-electron chi connectivity index (χ4n) is 6.65. The smallest absolute Gasteiger partial charge is 0.394 e. The minimum Gasteiger partial charge on any atom is -0.394 e. The molecule has 0 radical (unpaired) electrons. The molecule has 1 aliphatic heterocycles. The zero-order valence-electron chi connectivity index (χ0n) is 33.9. The molecule has 8 unspecified atom stereocenters. The number of ether oxygens (including phenoxy) is 2. The van der Waals surface area contributed by atoms with Gasteiger partial charge in [-0.05, 0) is 32.1 Å². The van der Waals surface area contributed by atoms with Crippen LogP contribution in [-0.4, -0.2) is 107 Å². The lowest BCUT2D eigenvalue weighted by atomic mass is 9.99. The number of carbonyl (C=O) groups excluding carboxylic acids is 1. The van der Waals surface area contributed by atoms with Crippen molar-refractivity contribution in [3.63, 3.8) is 0 Å². The lowest BCUT2D eigenvalue weighted by molar-refractivity contribution is -0.298. The SMILES string of the molecule is CCCCCCCCCCCC/C=C/CC/C=C/C(O)C(COC1OC(CO)C(O)C(OS(=O)(=O)O)C1O)NC(=O)C(O)CCCCCCCCCCCC. The first-order valence-electron chi connectivity index (χ1n) is 21.3. The van der Waals surface area contributed by atoms with Crippen molar-refractivity contribution in [3.8, 4) is 0 Å². The lowest BCUT2D eigenvalue weighted by Crippen LogP contribution is -2.61. The number of carbonyl (C=O) groups is 1. The number of amides is 1. The molecule has 1 aliphatic rings. The van der Waals surface area contributed by atoms with Crippen LogP contribution in [0.3, 0.4) is 0 Å². The Labute approximate surface area is 332 Å². The summed E-state index contributed by atoms with van der Waals surface area (Å²) in [6.07, 6.45) is 22.8. The van der Waals surface area contributed by atoms with Gasteiger partial charge < -0.3 is 40.3 Å². The monoisotopic (exact) mass is 808 g/mol. The molecule has 0 saturated carbocycles. The second-order valence-corrected chi connectivity index (χ2v) is 16.1. The van der Waals surface area contributed by atoms with Crippen LogP contribution in [0, 0.1) is 0 Å². The molecular weight excluding hydrogens is 731 g/mol. The highest BCUT2D eigenvalue weighted by Gasteiger charge is 2.48. The van der Waals surface area contributed by atoms with E-state index >= 15 is 0 Å². The third-order valence-corrected chi connectivity index (χ3v) is 10.6. The molecule has 14 heteroatoms. The number of hydrogen-bond acceptors (Lipinski definition) is 11. The molecule has 324 valence electrons. The Kier molecular flexibility index (Phi) is 30.5. The Hall–Kier alpha value is -1.46. The first-order valence-corrected chi connectivity index (χ1v) is 22.7. The zero-order valence-corrected chi connectivity index (χ0v) is 34.7. The minimum atomic E-state index is -5.12. The molecule has 1 amide bonds. The first-order chi connectivity index (χ1) is 26.4. The number of unbranched alkanes of at least 4 members (excludes halogenated alkanes) is 20. The van der Waals surface area contributed by atoms with Crippen molar-refractivity contribution in [1.29, 1.82) is 0 Å². The van der Waals surface area contributed by atoms with E-state index in [0.29, 0.717) is 12.8 Å². The first kappa shape index (κ1) is 51.6. The quantitative estimate of drug-likeness (QED) is 0.0212. The van der Waals surface area contributed by atoms with Crippen LogP contribution in [0.25, 0.3) is 0 Å². The molecule has 1 saturated heterocycles. The van der Waals surface area contributed by atoms with Crippen molar-refractivity contribution in [3.05, 3.63) is 24.3 Å². The van der Waals surface area contributed by atoms with Gasteiger partial charge in [-0.2, -0.15) is 8.42 Å². The van der Waals surface area contributed by atoms with Gasteiger partial charge in [0.1, 0.15) is 30.5 Å². The van der Waals surface area contributed by atoms with E-state index in [1.165, 1.54) is 102 Å². The van der Waals surface area contributed by atoms with Gasteiger partial charge in [0.05, 0.1) is 25.4 Å². The van der Waals surface area contributed by atoms with Gasteiger partial charge in [-0.25, -0.2) is 4.18 Å². The second kappa shape index (κ2) is 32.5. The summed E-state index contributed by atoms with van der Waals surface area (Å²) in [4.78, 5) is 13.0. The van der Waals surface area contributed by atoms with Crippen molar-refractivity contribution >= 4 is 16.3 Å². The molecule has 13 nitrogen and oxygen atoms in total. The Morgan fingerprint density at radius 2 is 1.22 bits per heavy atom. The molecule has 0 aliphatic carbocycles. The van der Waals surface area contributed by atoms with Crippen LogP contribution >= 0.6 is 0 Å². The van der Waals surface area contributed by atoms with Crippen LogP contribution in [0.2, 0.25) is 0 Å². The average Bonchev–Trinajstić information content (AvgIpc) is 3.15. The van der Waals surface area contributed by atoms with Crippen LogP contribution < -0.4 is 5.32 Å². The van der Waals surface area contributed by atoms with E-state index in [-0.39, 0.29) is 6.42 Å². The summed E-state index contributed by atoms with van der Waals surface area (Å²) in [5, 5.41) is 54.9. The number of aliphatic hydroxyl groups excluding tert-OH is 5. The maximum absolute atomic E-state index is 13.0. The lowest BCUT2D eigenvalue weighted by Gasteiger charge is -2.41. The standard InChI is InChI=1S/C41H77NO12S/c1-3-5-7-9-11-13-15-16-17-18-19-20-22-23-25-27-29-34(44)33(42-40(48)35(45)30-28-26-24-21-14-12-10-8-6-4-2)32-52-41-38(47)39(54-55(49,50)51)37(46)36(31-43)53-41/h20,22,27,29,33-39,41,43-47H,3-19,21,23-26,28,30-32H2,1-2H3,(H,42,48)(H,49,50,51)/b22-20+,29-27+. The minimum absolute atomic E-state index is 0.239. The highest BCUT2D eigenvalue weighted by atomic mass is 32.3. The van der Waals surface area contributed by atoms with Gasteiger partial charge in [-0.3, -0.25) is 9.35 Å². The fraction of sp³-hybridized carbons (Fsp3) is 0.878. The molecule has 0 bridgehead atoms. The van der Waals surface area contributed by atoms with Crippen LogP contribution in [0.1, 0.15) is 168 Å². The van der Waals surface area contributed by atoms with Gasteiger partial charge in [0.15, 0.2) is 6.29 Å². The molecule has 0 spiro atoms. The summed E-state index contributed by atoms with van der Waals surface area (Å²) >= 11 is 0. The number of allylic oxidation sites excluding steroid dienone is 3. The molecule has 7 N–H and O–H groups in total. The van der Waals surface area contributed by atoms with Crippen molar-refractivity contribution in [2.24, 2.45) is 0 Å². The maximum Gasteiger partial charge on any atom is 0.397 e. The number of nitrogens with one attached hydrogen (secondary N) is 1. The van der Waals surface area contributed by atoms with Crippen molar-refractivity contribution in [2.45, 2.75) is 217 Å². The van der Waals surface area contributed by atoms with Gasteiger partial charge >= 0.3 is 10.4 Å². The van der Waals surface area contributed by atoms with Gasteiger partial charge in [-0.1, -0.05) is 160 Å². The Morgan fingerprint density at radius 3 is 1.75 bits per heavy atom. The predicted molar refractivity (Wildman–Crippen MR) is 215 cm³/mol. The normalized spacial score (nSPS) is 22.4. The highest BCUT2D eigenvalue weighted by Crippen LogP contribution is 2.26. The molecule has 0 aromatic rings. The summed E-state index contributed by atoms with van der Waals surface area (Å²) < 4.78 is 47.3. The summed E-state index contributed by atoms with van der Waals surface area (Å²) in [6, 6.07) is -1.13. The molecule has 0 aromatic heterocycles. The Bertz CT molecular complexity index is 1110. The van der Waals surface area contributed by atoms with Crippen molar-refractivity contribution < 1.29 is 57.0 Å². The summed E-state index contributed by atoms with van der Waals surface area (Å²) in [7, 11) is -5.12. The fourth-order valence-corrected chi connectivity index (χ4v) is 7.16. The second-order valence-electron chi connectivity index (χ2n) is 15.1. The van der Waals surface area contributed by atoms with Gasteiger partial charge in [0.2, 0.25) is 5.91 Å². The van der Waals surface area contributed by atoms with E-state index < -0.39 is 78.5 Å². The van der Waals surface area contributed by atoms with Gasteiger partial charge in [-0.15, -0.1) is 0 Å². The van der Waals surface area contributed by atoms with E-state index in [4.69, 9.17) is 14.0 Å². The Balaban J connectivity index is 2.68. The molecule has 1 rings (SSSR count). The van der Waals surface area contributed by atoms with Gasteiger partial charge in [0.25, 0.3) is 0 Å². The van der Waals surface area contributed by atoms with Crippen LogP contribution in [-0.2, 0) is 28.9 Å². The number of rotatable bonds is 35. The van der Waals surface area contributed by atoms with Crippen LogP contribution in [0.5, 0.6) is 0 Å². The summed E-state index contributed by atoms with van der Waals surface area (Å²) in [5.74, 6) is -0.715. The van der Waals surface area contributed by atoms with Crippen LogP contribution in [0.15, 0.2) is 24.3 Å². The van der Waals surface area contributed by atoms with Crippen molar-refractivity contribution in [2.75, 3.05) is 13.2 Å². The third-order valence-electron chi connectivity index (χ3n) is 10.1. The van der Waals surface area contributed by atoms with E-state index in [1.807, 2.05) is 0 Å². The molecule has 1 heterocycles. The van der Waals surface area contributed by atoms with E-state index in [1.54, 1.807) is 6.08 Å². The zero-order chi connectivity index (χ0) is 40.7. The molecule has 1 fully saturated rings. The van der Waals surface area contributed by atoms with E-state index in [0.717, 1.165) is 38.5 Å².